The molecule has 0 bridgehead atoms. The van der Waals surface area contributed by atoms with Crippen molar-refractivity contribution in [1.29, 1.82) is 0 Å². The summed E-state index contributed by atoms with van der Waals surface area (Å²) in [5, 5.41) is 0. The molecule has 0 unspecified atom stereocenters. The van der Waals surface area contributed by atoms with Gasteiger partial charge in [-0.05, 0) is 44.4 Å². The van der Waals surface area contributed by atoms with E-state index in [9.17, 15) is 4.79 Å². The lowest BCUT2D eigenvalue weighted by molar-refractivity contribution is 0.0596. The van der Waals surface area contributed by atoms with E-state index in [4.69, 9.17) is 4.98 Å². The van der Waals surface area contributed by atoms with Gasteiger partial charge in [-0.2, -0.15) is 0 Å². The van der Waals surface area contributed by atoms with Crippen molar-refractivity contribution in [2.75, 3.05) is 6.54 Å². The van der Waals surface area contributed by atoms with E-state index >= 15 is 0 Å². The molecule has 124 valence electrons. The molecule has 0 aliphatic carbocycles. The Labute approximate surface area is 140 Å². The van der Waals surface area contributed by atoms with Gasteiger partial charge >= 0.3 is 0 Å². The number of carbonyl (C=O) groups excluding carboxylic acids is 1. The summed E-state index contributed by atoms with van der Waals surface area (Å²) in [4.78, 5) is 24.0. The van der Waals surface area contributed by atoms with Gasteiger partial charge in [-0.25, -0.2) is 9.97 Å². The maximum absolute atomic E-state index is 13.0. The van der Waals surface area contributed by atoms with E-state index in [-0.39, 0.29) is 11.9 Å². The van der Waals surface area contributed by atoms with Gasteiger partial charge in [0.1, 0.15) is 5.69 Å². The van der Waals surface area contributed by atoms with Crippen LogP contribution in [0.15, 0.2) is 36.8 Å². The quantitative estimate of drug-likeness (QED) is 0.728. The van der Waals surface area contributed by atoms with E-state index in [2.05, 4.69) is 11.1 Å². The minimum atomic E-state index is 0.0153. The Kier molecular flexibility index (Phi) is 3.59. The van der Waals surface area contributed by atoms with Crippen LogP contribution in [0.1, 0.15) is 47.2 Å². The lowest BCUT2D eigenvalue weighted by Crippen LogP contribution is -2.39. The van der Waals surface area contributed by atoms with Crippen LogP contribution < -0.4 is 0 Å². The molecule has 4 heterocycles. The molecular formula is C18H21N5O. The van der Waals surface area contributed by atoms with Gasteiger partial charge in [0.2, 0.25) is 5.78 Å². The Hall–Kier alpha value is -2.63. The van der Waals surface area contributed by atoms with Crippen molar-refractivity contribution < 1.29 is 4.79 Å². The highest BCUT2D eigenvalue weighted by Gasteiger charge is 2.31. The molecule has 1 fully saturated rings. The summed E-state index contributed by atoms with van der Waals surface area (Å²) >= 11 is 0. The van der Waals surface area contributed by atoms with Crippen LogP contribution in [0.5, 0.6) is 0 Å². The topological polar surface area (TPSA) is 55.4 Å². The van der Waals surface area contributed by atoms with Crippen LogP contribution >= 0.6 is 0 Å². The molecule has 3 aromatic heterocycles. The highest BCUT2D eigenvalue weighted by atomic mass is 16.2. The van der Waals surface area contributed by atoms with Crippen molar-refractivity contribution in [3.05, 3.63) is 53.9 Å². The lowest BCUT2D eigenvalue weighted by atomic mass is 9.98. The third-order valence-corrected chi connectivity index (χ3v) is 4.86. The Balaban J connectivity index is 1.73. The van der Waals surface area contributed by atoms with Crippen LogP contribution in [-0.4, -0.2) is 36.3 Å². The zero-order chi connectivity index (χ0) is 16.7. The van der Waals surface area contributed by atoms with E-state index in [1.54, 1.807) is 6.20 Å². The van der Waals surface area contributed by atoms with Gasteiger partial charge in [0, 0.05) is 37.9 Å². The van der Waals surface area contributed by atoms with Gasteiger partial charge in [-0.3, -0.25) is 9.20 Å². The highest BCUT2D eigenvalue weighted by molar-refractivity contribution is 5.93. The summed E-state index contributed by atoms with van der Waals surface area (Å²) in [5.74, 6) is 0.775. The van der Waals surface area contributed by atoms with E-state index in [1.165, 1.54) is 0 Å². The van der Waals surface area contributed by atoms with Gasteiger partial charge in [0.05, 0.1) is 11.7 Å². The van der Waals surface area contributed by atoms with E-state index in [1.807, 2.05) is 52.4 Å². The fourth-order valence-corrected chi connectivity index (χ4v) is 3.57. The van der Waals surface area contributed by atoms with E-state index in [0.29, 0.717) is 5.78 Å². The van der Waals surface area contributed by atoms with Crippen LogP contribution in [-0.2, 0) is 7.05 Å². The number of likely N-dealkylation sites (tertiary alicyclic amines) is 1. The molecule has 1 atom stereocenters. The fraction of sp³-hybridized carbons (Fsp3) is 0.389. The minimum absolute atomic E-state index is 0.0153. The van der Waals surface area contributed by atoms with E-state index < -0.39 is 0 Å². The Morgan fingerprint density at radius 3 is 2.96 bits per heavy atom. The zero-order valence-electron chi connectivity index (χ0n) is 14.0. The molecule has 0 spiro atoms. The highest BCUT2D eigenvalue weighted by Crippen LogP contribution is 2.31. The maximum Gasteiger partial charge on any atom is 0.271 e. The van der Waals surface area contributed by atoms with Crippen LogP contribution in [0.25, 0.3) is 5.78 Å². The smallest absolute Gasteiger partial charge is 0.271 e. The summed E-state index contributed by atoms with van der Waals surface area (Å²) in [7, 11) is 1.91. The number of amides is 1. The average Bonchev–Trinajstić information content (AvgIpc) is 3.23. The van der Waals surface area contributed by atoms with Gasteiger partial charge in [-0.1, -0.05) is 0 Å². The number of aryl methyl sites for hydroxylation is 2. The maximum atomic E-state index is 13.0. The second-order valence-corrected chi connectivity index (χ2v) is 6.43. The molecule has 0 saturated carbocycles. The predicted octanol–water partition coefficient (Wildman–Crippen LogP) is 2.74. The molecule has 1 saturated heterocycles. The number of imidazole rings is 1. The summed E-state index contributed by atoms with van der Waals surface area (Å²) in [6.45, 7) is 2.82. The number of fused-ring (bicyclic) bond motifs is 1. The van der Waals surface area contributed by atoms with Crippen LogP contribution in [0.2, 0.25) is 0 Å². The average molecular weight is 323 g/mol. The molecule has 0 aromatic carbocycles. The van der Waals surface area contributed by atoms with Gasteiger partial charge in [0.15, 0.2) is 0 Å². The Bertz CT molecular complexity index is 894. The van der Waals surface area contributed by atoms with Crippen LogP contribution in [0, 0.1) is 6.92 Å². The molecular weight excluding hydrogens is 302 g/mol. The van der Waals surface area contributed by atoms with Crippen LogP contribution in [0.4, 0.5) is 0 Å². The van der Waals surface area contributed by atoms with Crippen molar-refractivity contribution in [1.82, 2.24) is 23.8 Å². The number of hydrogen-bond donors (Lipinski definition) is 0. The third-order valence-electron chi connectivity index (χ3n) is 4.86. The first-order valence-electron chi connectivity index (χ1n) is 8.38. The predicted molar refractivity (Wildman–Crippen MR) is 90.8 cm³/mol. The first kappa shape index (κ1) is 14.9. The number of rotatable bonds is 2. The van der Waals surface area contributed by atoms with Crippen molar-refractivity contribution in [3.63, 3.8) is 0 Å². The molecule has 3 aromatic rings. The standard InChI is InChI=1S/C18H21N5O/c1-13-12-14(20-18-19-8-11-22(13)18)15-6-3-4-10-23(15)17(24)16-7-5-9-21(16)2/h5,7-9,11-12,15H,3-4,6,10H2,1-2H3/t15-/m0/s1. The molecule has 4 rings (SSSR count). The molecule has 24 heavy (non-hydrogen) atoms. The molecule has 0 radical (unpaired) electrons. The first-order valence-corrected chi connectivity index (χ1v) is 8.38. The van der Waals surface area contributed by atoms with E-state index in [0.717, 1.165) is 42.9 Å². The van der Waals surface area contributed by atoms with Gasteiger partial charge in [-0.15, -0.1) is 0 Å². The molecule has 6 nitrogen and oxygen atoms in total. The summed E-state index contributed by atoms with van der Waals surface area (Å²) < 4.78 is 3.85. The van der Waals surface area contributed by atoms with Crippen molar-refractivity contribution >= 4 is 11.7 Å². The summed E-state index contributed by atoms with van der Waals surface area (Å²) in [6.07, 6.45) is 8.67. The molecule has 0 N–H and O–H groups in total. The van der Waals surface area contributed by atoms with Crippen molar-refractivity contribution in [3.8, 4) is 0 Å². The van der Waals surface area contributed by atoms with Crippen molar-refractivity contribution in [2.24, 2.45) is 7.05 Å². The summed E-state index contributed by atoms with van der Waals surface area (Å²) in [5.41, 5.74) is 2.75. The largest absolute Gasteiger partial charge is 0.347 e. The van der Waals surface area contributed by atoms with Crippen LogP contribution in [0.3, 0.4) is 0 Å². The molecule has 1 aliphatic heterocycles. The monoisotopic (exact) mass is 323 g/mol. The Morgan fingerprint density at radius 2 is 2.17 bits per heavy atom. The van der Waals surface area contributed by atoms with Crippen molar-refractivity contribution in [2.45, 2.75) is 32.2 Å². The Morgan fingerprint density at radius 1 is 1.29 bits per heavy atom. The normalized spacial score (nSPS) is 18.2. The second kappa shape index (κ2) is 5.78. The summed E-state index contributed by atoms with van der Waals surface area (Å²) in [6, 6.07) is 5.88. The number of carbonyl (C=O) groups is 1. The first-order chi connectivity index (χ1) is 11.6. The van der Waals surface area contributed by atoms with Gasteiger partial charge in [0.25, 0.3) is 5.91 Å². The molecule has 1 amide bonds. The fourth-order valence-electron chi connectivity index (χ4n) is 3.57. The number of aromatic nitrogens is 4. The number of piperidine rings is 1. The zero-order valence-corrected chi connectivity index (χ0v) is 14.0. The second-order valence-electron chi connectivity index (χ2n) is 6.43. The minimum Gasteiger partial charge on any atom is -0.347 e. The lowest BCUT2D eigenvalue weighted by Gasteiger charge is -2.35. The number of hydrogen-bond acceptors (Lipinski definition) is 3. The third kappa shape index (κ3) is 2.38. The molecule has 1 aliphatic rings. The SMILES string of the molecule is Cc1cc([C@@H]2CCCCN2C(=O)c2cccn2C)nc2nccn12. The van der Waals surface area contributed by atoms with Gasteiger partial charge < -0.3 is 9.47 Å². The number of nitrogens with zero attached hydrogens (tertiary/aromatic N) is 5. The molecule has 6 heteroatoms.